The number of thiophene rings is 1. The normalized spacial score (nSPS) is 12.8. The van der Waals surface area contributed by atoms with Gasteiger partial charge in [-0.25, -0.2) is 4.99 Å². The highest BCUT2D eigenvalue weighted by atomic mass is 32.1. The zero-order valence-electron chi connectivity index (χ0n) is 16.0. The molecule has 2 N–H and O–H groups in total. The largest absolute Gasteiger partial charge is 0.356 e. The molecule has 3 aromatic rings. The van der Waals surface area contributed by atoms with E-state index in [4.69, 9.17) is 4.99 Å². The van der Waals surface area contributed by atoms with E-state index in [0.717, 1.165) is 24.2 Å². The molecule has 0 radical (unpaired) electrons. The van der Waals surface area contributed by atoms with Crippen LogP contribution in [0, 0.1) is 6.92 Å². The first-order valence-electron chi connectivity index (χ1n) is 9.06. The van der Waals surface area contributed by atoms with Gasteiger partial charge in [-0.05, 0) is 40.8 Å². The Kier molecular flexibility index (Phi) is 6.59. The molecule has 0 fully saturated rings. The number of aromatic nitrogens is 3. The summed E-state index contributed by atoms with van der Waals surface area (Å²) in [5, 5.41) is 19.5. The number of guanidine groups is 1. The Bertz CT molecular complexity index is 854. The van der Waals surface area contributed by atoms with Gasteiger partial charge in [0.15, 0.2) is 11.8 Å². The standard InChI is InChI=1S/C20H26N6S/c1-15(18-9-10-27-14-18)11-21-20(22-12-17-7-5-4-6-8-17)23-13-19-25-24-16(2)26(19)3/h4-10,14-15H,11-13H2,1-3H3,(H2,21,22,23). The summed E-state index contributed by atoms with van der Waals surface area (Å²) in [7, 11) is 1.97. The topological polar surface area (TPSA) is 67.1 Å². The van der Waals surface area contributed by atoms with E-state index in [-0.39, 0.29) is 0 Å². The van der Waals surface area contributed by atoms with Crippen LogP contribution in [0.15, 0.2) is 52.2 Å². The van der Waals surface area contributed by atoms with Crippen LogP contribution in [0.3, 0.4) is 0 Å². The predicted octanol–water partition coefficient (Wildman–Crippen LogP) is 3.22. The number of nitrogens with one attached hydrogen (secondary N) is 2. The van der Waals surface area contributed by atoms with E-state index in [1.807, 2.05) is 36.7 Å². The Hall–Kier alpha value is -2.67. The Morgan fingerprint density at radius 1 is 1.19 bits per heavy atom. The summed E-state index contributed by atoms with van der Waals surface area (Å²) in [5.74, 6) is 2.97. The highest BCUT2D eigenvalue weighted by Crippen LogP contribution is 2.17. The third-order valence-corrected chi connectivity index (χ3v) is 5.25. The molecule has 142 valence electrons. The second-order valence-electron chi connectivity index (χ2n) is 6.57. The van der Waals surface area contributed by atoms with E-state index in [9.17, 15) is 0 Å². The minimum Gasteiger partial charge on any atom is -0.356 e. The summed E-state index contributed by atoms with van der Waals surface area (Å²) >= 11 is 1.73. The lowest BCUT2D eigenvalue weighted by atomic mass is 10.1. The summed E-state index contributed by atoms with van der Waals surface area (Å²) in [4.78, 5) is 4.74. The molecule has 0 spiro atoms. The number of benzene rings is 1. The molecule has 1 atom stereocenters. The number of aryl methyl sites for hydroxylation is 1. The van der Waals surface area contributed by atoms with E-state index in [1.54, 1.807) is 11.3 Å². The Morgan fingerprint density at radius 2 is 2.00 bits per heavy atom. The maximum atomic E-state index is 4.74. The van der Waals surface area contributed by atoms with Crippen molar-refractivity contribution in [1.82, 2.24) is 25.4 Å². The molecule has 0 amide bonds. The maximum absolute atomic E-state index is 4.74. The lowest BCUT2D eigenvalue weighted by molar-refractivity contribution is 0.679. The molecule has 0 bridgehead atoms. The minimum atomic E-state index is 0.414. The number of aliphatic imine (C=N–C) groups is 1. The highest BCUT2D eigenvalue weighted by molar-refractivity contribution is 7.07. The van der Waals surface area contributed by atoms with Crippen molar-refractivity contribution in [3.8, 4) is 0 Å². The van der Waals surface area contributed by atoms with Crippen molar-refractivity contribution in [3.05, 3.63) is 69.9 Å². The molecule has 1 aromatic carbocycles. The van der Waals surface area contributed by atoms with Gasteiger partial charge in [0.25, 0.3) is 0 Å². The molecule has 1 unspecified atom stereocenters. The van der Waals surface area contributed by atoms with Crippen molar-refractivity contribution < 1.29 is 0 Å². The lowest BCUT2D eigenvalue weighted by Crippen LogP contribution is -2.39. The molecular formula is C20H26N6S. The van der Waals surface area contributed by atoms with Gasteiger partial charge in [0.05, 0.1) is 13.1 Å². The average molecular weight is 383 g/mol. The molecule has 2 aromatic heterocycles. The number of hydrogen-bond donors (Lipinski definition) is 2. The van der Waals surface area contributed by atoms with E-state index in [2.05, 4.69) is 56.7 Å². The Balaban J connectivity index is 1.64. The van der Waals surface area contributed by atoms with Crippen molar-refractivity contribution in [3.63, 3.8) is 0 Å². The van der Waals surface area contributed by atoms with Gasteiger partial charge in [0.2, 0.25) is 0 Å². The molecule has 6 nitrogen and oxygen atoms in total. The van der Waals surface area contributed by atoms with E-state index < -0.39 is 0 Å². The van der Waals surface area contributed by atoms with Crippen LogP contribution in [0.2, 0.25) is 0 Å². The van der Waals surface area contributed by atoms with Gasteiger partial charge >= 0.3 is 0 Å². The van der Waals surface area contributed by atoms with Crippen LogP contribution in [0.4, 0.5) is 0 Å². The third-order valence-electron chi connectivity index (χ3n) is 4.55. The van der Waals surface area contributed by atoms with Gasteiger partial charge in [0, 0.05) is 13.6 Å². The zero-order valence-corrected chi connectivity index (χ0v) is 16.8. The summed E-state index contributed by atoms with van der Waals surface area (Å²) in [6, 6.07) is 12.4. The quantitative estimate of drug-likeness (QED) is 0.486. The van der Waals surface area contributed by atoms with Crippen LogP contribution in [0.25, 0.3) is 0 Å². The monoisotopic (exact) mass is 382 g/mol. The third kappa shape index (κ3) is 5.40. The van der Waals surface area contributed by atoms with Crippen LogP contribution in [0.1, 0.15) is 35.6 Å². The maximum Gasteiger partial charge on any atom is 0.191 e. The predicted molar refractivity (Wildman–Crippen MR) is 111 cm³/mol. The van der Waals surface area contributed by atoms with Crippen LogP contribution in [-0.4, -0.2) is 27.3 Å². The molecular weight excluding hydrogens is 356 g/mol. The first-order valence-corrected chi connectivity index (χ1v) is 10.0. The molecule has 27 heavy (non-hydrogen) atoms. The number of hydrogen-bond acceptors (Lipinski definition) is 4. The fourth-order valence-electron chi connectivity index (χ4n) is 2.62. The smallest absolute Gasteiger partial charge is 0.191 e. The van der Waals surface area contributed by atoms with Gasteiger partial charge in [-0.2, -0.15) is 11.3 Å². The van der Waals surface area contributed by atoms with Crippen molar-refractivity contribution >= 4 is 17.3 Å². The second-order valence-corrected chi connectivity index (χ2v) is 7.35. The van der Waals surface area contributed by atoms with Crippen molar-refractivity contribution in [1.29, 1.82) is 0 Å². The summed E-state index contributed by atoms with van der Waals surface area (Å²) in [6.07, 6.45) is 0. The van der Waals surface area contributed by atoms with E-state index >= 15 is 0 Å². The van der Waals surface area contributed by atoms with Crippen LogP contribution in [-0.2, 0) is 20.1 Å². The van der Waals surface area contributed by atoms with Crippen molar-refractivity contribution in [2.75, 3.05) is 6.54 Å². The first kappa shape index (κ1) is 19.1. The second kappa shape index (κ2) is 9.32. The molecule has 0 saturated heterocycles. The average Bonchev–Trinajstić information content (AvgIpc) is 3.33. The van der Waals surface area contributed by atoms with Crippen molar-refractivity contribution in [2.45, 2.75) is 32.9 Å². The molecule has 0 aliphatic carbocycles. The SMILES string of the molecule is Cc1nnc(CNC(=NCc2ccccc2)NCC(C)c2ccsc2)n1C. The van der Waals surface area contributed by atoms with Crippen molar-refractivity contribution in [2.24, 2.45) is 12.0 Å². The van der Waals surface area contributed by atoms with Crippen LogP contribution >= 0.6 is 11.3 Å². The number of nitrogens with zero attached hydrogens (tertiary/aromatic N) is 4. The van der Waals surface area contributed by atoms with Gasteiger partial charge in [-0.15, -0.1) is 10.2 Å². The fraction of sp³-hybridized carbons (Fsp3) is 0.350. The lowest BCUT2D eigenvalue weighted by Gasteiger charge is -2.16. The molecule has 7 heteroatoms. The summed E-state index contributed by atoms with van der Waals surface area (Å²) < 4.78 is 1.98. The Labute approximate surface area is 164 Å². The van der Waals surface area contributed by atoms with Gasteiger partial charge in [-0.3, -0.25) is 0 Å². The fourth-order valence-corrected chi connectivity index (χ4v) is 3.40. The molecule has 3 rings (SSSR count). The first-order chi connectivity index (χ1) is 13.1. The molecule has 0 aliphatic heterocycles. The van der Waals surface area contributed by atoms with E-state index in [1.165, 1.54) is 11.1 Å². The van der Waals surface area contributed by atoms with Gasteiger partial charge < -0.3 is 15.2 Å². The minimum absolute atomic E-state index is 0.414. The van der Waals surface area contributed by atoms with Gasteiger partial charge in [0.1, 0.15) is 5.82 Å². The molecule has 0 saturated carbocycles. The van der Waals surface area contributed by atoms with E-state index in [0.29, 0.717) is 19.0 Å². The van der Waals surface area contributed by atoms with Crippen LogP contribution < -0.4 is 10.6 Å². The number of rotatable bonds is 7. The summed E-state index contributed by atoms with van der Waals surface area (Å²) in [6.45, 7) is 6.18. The van der Waals surface area contributed by atoms with Crippen LogP contribution in [0.5, 0.6) is 0 Å². The van der Waals surface area contributed by atoms with Gasteiger partial charge in [-0.1, -0.05) is 37.3 Å². The zero-order chi connectivity index (χ0) is 19.1. The Morgan fingerprint density at radius 3 is 2.67 bits per heavy atom. The molecule has 0 aliphatic rings. The molecule has 2 heterocycles. The summed E-state index contributed by atoms with van der Waals surface area (Å²) in [5.41, 5.74) is 2.53. The highest BCUT2D eigenvalue weighted by Gasteiger charge is 2.09.